The number of benzene rings is 4. The third-order valence-electron chi connectivity index (χ3n) is 10.0. The number of aromatic nitrogens is 1. The largest absolute Gasteiger partial charge is 0.382 e. The van der Waals surface area contributed by atoms with Crippen molar-refractivity contribution in [2.45, 2.75) is 76.2 Å². The number of rotatable bonds is 19. The average Bonchev–Trinajstić information content (AvgIpc) is 3.16. The van der Waals surface area contributed by atoms with E-state index in [-0.39, 0.29) is 0 Å². The molecule has 5 aromatic rings. The second kappa shape index (κ2) is 19.0. The van der Waals surface area contributed by atoms with E-state index in [2.05, 4.69) is 141 Å². The molecule has 0 aliphatic carbocycles. The van der Waals surface area contributed by atoms with Gasteiger partial charge in [-0.1, -0.05) is 130 Å². The third kappa shape index (κ3) is 10.8. The lowest BCUT2D eigenvalue weighted by atomic mass is 9.75. The summed E-state index contributed by atoms with van der Waals surface area (Å²) in [5.41, 5.74) is 10.6. The van der Waals surface area contributed by atoms with Crippen LogP contribution < -0.4 is 0 Å². The molecule has 0 saturated carbocycles. The van der Waals surface area contributed by atoms with Crippen LogP contribution in [0.2, 0.25) is 0 Å². The van der Waals surface area contributed by atoms with Gasteiger partial charge in [0.2, 0.25) is 0 Å². The summed E-state index contributed by atoms with van der Waals surface area (Å²) in [7, 11) is 1.71. The Hall–Kier alpha value is -4.31. The molecule has 0 amide bonds. The van der Waals surface area contributed by atoms with E-state index >= 15 is 0 Å². The van der Waals surface area contributed by atoms with Crippen LogP contribution in [0.15, 0.2) is 134 Å². The molecule has 1 heterocycles. The first-order valence-corrected chi connectivity index (χ1v) is 18.0. The zero-order valence-electron chi connectivity index (χ0n) is 29.6. The first-order chi connectivity index (χ1) is 24.1. The van der Waals surface area contributed by atoms with Crippen molar-refractivity contribution in [3.8, 4) is 0 Å². The van der Waals surface area contributed by atoms with Gasteiger partial charge < -0.3 is 9.47 Å². The Morgan fingerprint density at radius 3 is 1.76 bits per heavy atom. The van der Waals surface area contributed by atoms with Gasteiger partial charge >= 0.3 is 0 Å². The highest BCUT2D eigenvalue weighted by atomic mass is 16.5. The zero-order valence-corrected chi connectivity index (χ0v) is 29.6. The fourth-order valence-electron chi connectivity index (χ4n) is 7.08. The van der Waals surface area contributed by atoms with Crippen molar-refractivity contribution in [2.75, 3.05) is 20.3 Å². The SMILES string of the molecule is C=Cc1ccc(Cc2ccc(C(CC(CC)c3ccccc3)CC(CC(C)c3ccncc3)c3ccc(COCCOC)cc3)cc2)cc1. The van der Waals surface area contributed by atoms with E-state index in [9.17, 15) is 0 Å². The second-order valence-electron chi connectivity index (χ2n) is 13.4. The molecule has 4 atom stereocenters. The summed E-state index contributed by atoms with van der Waals surface area (Å²) in [6.07, 6.45) is 11.1. The maximum absolute atomic E-state index is 5.83. The molecule has 0 aliphatic rings. The fourth-order valence-corrected chi connectivity index (χ4v) is 7.08. The Balaban J connectivity index is 1.43. The van der Waals surface area contributed by atoms with Crippen LogP contribution >= 0.6 is 0 Å². The molecule has 254 valence electrons. The average molecular weight is 652 g/mol. The molecule has 0 radical (unpaired) electrons. The van der Waals surface area contributed by atoms with Crippen LogP contribution in [0.4, 0.5) is 0 Å². The maximum atomic E-state index is 5.83. The Kier molecular flexibility index (Phi) is 14.0. The summed E-state index contributed by atoms with van der Waals surface area (Å²) < 4.78 is 11.0. The fraction of sp³-hybridized carbons (Fsp3) is 0.326. The molecule has 1 aromatic heterocycles. The molecular formula is C46H53NO2. The van der Waals surface area contributed by atoms with Gasteiger partial charge in [0.25, 0.3) is 0 Å². The summed E-state index contributed by atoms with van der Waals surface area (Å²) in [6, 6.07) is 42.8. The molecule has 5 rings (SSSR count). The highest BCUT2D eigenvalue weighted by molar-refractivity contribution is 5.47. The molecule has 0 aliphatic heterocycles. The molecular weight excluding hydrogens is 599 g/mol. The number of hydrogen-bond acceptors (Lipinski definition) is 3. The molecule has 3 heteroatoms. The van der Waals surface area contributed by atoms with E-state index in [1.807, 2.05) is 18.5 Å². The number of methoxy groups -OCH3 is 1. The van der Waals surface area contributed by atoms with E-state index in [0.717, 1.165) is 37.7 Å². The van der Waals surface area contributed by atoms with E-state index in [1.54, 1.807) is 7.11 Å². The monoisotopic (exact) mass is 651 g/mol. The molecule has 49 heavy (non-hydrogen) atoms. The van der Waals surface area contributed by atoms with Crippen LogP contribution in [0.1, 0.15) is 108 Å². The minimum Gasteiger partial charge on any atom is -0.382 e. The lowest BCUT2D eigenvalue weighted by molar-refractivity contribution is 0.0616. The zero-order chi connectivity index (χ0) is 34.3. The predicted octanol–water partition coefficient (Wildman–Crippen LogP) is 11.5. The van der Waals surface area contributed by atoms with Crippen LogP contribution in [-0.4, -0.2) is 25.3 Å². The van der Waals surface area contributed by atoms with E-state index in [0.29, 0.717) is 43.5 Å². The number of ether oxygens (including phenoxy) is 2. The minimum absolute atomic E-state index is 0.396. The molecule has 0 N–H and O–H groups in total. The number of nitrogens with zero attached hydrogens (tertiary/aromatic N) is 1. The van der Waals surface area contributed by atoms with Gasteiger partial charge in [-0.05, 0) is 112 Å². The maximum Gasteiger partial charge on any atom is 0.0718 e. The Labute approximate surface area is 295 Å². The summed E-state index contributed by atoms with van der Waals surface area (Å²) in [5.74, 6) is 1.72. The number of pyridine rings is 1. The smallest absolute Gasteiger partial charge is 0.0718 e. The van der Waals surface area contributed by atoms with Crippen molar-refractivity contribution in [3.63, 3.8) is 0 Å². The van der Waals surface area contributed by atoms with Gasteiger partial charge in [0.15, 0.2) is 0 Å². The summed E-state index contributed by atoms with van der Waals surface area (Å²) in [6.45, 7) is 10.4. The van der Waals surface area contributed by atoms with Crippen molar-refractivity contribution in [2.24, 2.45) is 0 Å². The van der Waals surface area contributed by atoms with Crippen LogP contribution in [0.5, 0.6) is 0 Å². The van der Waals surface area contributed by atoms with Crippen molar-refractivity contribution in [1.29, 1.82) is 0 Å². The topological polar surface area (TPSA) is 31.4 Å². The Bertz CT molecular complexity index is 1650. The van der Waals surface area contributed by atoms with Gasteiger partial charge in [-0.3, -0.25) is 4.98 Å². The van der Waals surface area contributed by atoms with E-state index in [1.165, 1.54) is 38.9 Å². The highest BCUT2D eigenvalue weighted by Crippen LogP contribution is 2.42. The van der Waals surface area contributed by atoms with Crippen LogP contribution in [0.25, 0.3) is 6.08 Å². The van der Waals surface area contributed by atoms with Crippen molar-refractivity contribution in [3.05, 3.63) is 179 Å². The van der Waals surface area contributed by atoms with Crippen molar-refractivity contribution >= 4 is 6.08 Å². The second-order valence-corrected chi connectivity index (χ2v) is 13.4. The van der Waals surface area contributed by atoms with Crippen molar-refractivity contribution < 1.29 is 9.47 Å². The molecule has 4 aromatic carbocycles. The van der Waals surface area contributed by atoms with Gasteiger partial charge in [0, 0.05) is 19.5 Å². The summed E-state index contributed by atoms with van der Waals surface area (Å²) in [4.78, 5) is 4.29. The lowest BCUT2D eigenvalue weighted by Gasteiger charge is -2.30. The molecule has 4 unspecified atom stereocenters. The molecule has 0 fully saturated rings. The normalized spacial score (nSPS) is 13.8. The first kappa shape index (κ1) is 36.0. The molecule has 0 bridgehead atoms. The molecule has 0 spiro atoms. The van der Waals surface area contributed by atoms with Crippen LogP contribution in [0.3, 0.4) is 0 Å². The van der Waals surface area contributed by atoms with E-state index in [4.69, 9.17) is 9.47 Å². The van der Waals surface area contributed by atoms with Gasteiger partial charge in [-0.2, -0.15) is 0 Å². The minimum atomic E-state index is 0.396. The third-order valence-corrected chi connectivity index (χ3v) is 10.0. The Morgan fingerprint density at radius 1 is 0.612 bits per heavy atom. The van der Waals surface area contributed by atoms with Gasteiger partial charge in [0.05, 0.1) is 19.8 Å². The number of hydrogen-bond donors (Lipinski definition) is 0. The quantitative estimate of drug-likeness (QED) is 0.0833. The molecule has 3 nitrogen and oxygen atoms in total. The summed E-state index contributed by atoms with van der Waals surface area (Å²) in [5, 5.41) is 0. The van der Waals surface area contributed by atoms with E-state index < -0.39 is 0 Å². The lowest BCUT2D eigenvalue weighted by Crippen LogP contribution is -2.13. The molecule has 0 saturated heterocycles. The van der Waals surface area contributed by atoms with Crippen molar-refractivity contribution in [1.82, 2.24) is 4.98 Å². The highest BCUT2D eigenvalue weighted by Gasteiger charge is 2.25. The summed E-state index contributed by atoms with van der Waals surface area (Å²) >= 11 is 0. The van der Waals surface area contributed by atoms with Gasteiger partial charge in [-0.25, -0.2) is 0 Å². The standard InChI is InChI=1S/C46H53NO2/c1-5-36-12-14-37(15-13-36)31-38-16-20-44(21-17-38)46(32-40(6-2)42-10-8-7-9-11-42)33-45(30-35(3)41-24-26-47-27-25-41)43-22-18-39(19-23-43)34-49-29-28-48-4/h5,7-27,35,40,45-46H,1,6,28-34H2,2-4H3. The predicted molar refractivity (Wildman–Crippen MR) is 205 cm³/mol. The van der Waals surface area contributed by atoms with Crippen LogP contribution in [-0.2, 0) is 22.5 Å². The first-order valence-electron chi connectivity index (χ1n) is 18.0. The van der Waals surface area contributed by atoms with Gasteiger partial charge in [0.1, 0.15) is 0 Å². The van der Waals surface area contributed by atoms with Crippen LogP contribution in [0, 0.1) is 0 Å². The Morgan fingerprint density at radius 2 is 1.16 bits per heavy atom. The van der Waals surface area contributed by atoms with Gasteiger partial charge in [-0.15, -0.1) is 0 Å².